The Kier molecular flexibility index (Phi) is 4.60. The molecule has 0 saturated heterocycles. The molecule has 0 bridgehead atoms. The molecule has 1 aliphatic carbocycles. The van der Waals surface area contributed by atoms with Gasteiger partial charge in [0.2, 0.25) is 0 Å². The van der Waals surface area contributed by atoms with Crippen LogP contribution in [0.4, 0.5) is 5.82 Å². The highest BCUT2D eigenvalue weighted by atomic mass is 35.5. The molecule has 6 heteroatoms. The van der Waals surface area contributed by atoms with E-state index in [-0.39, 0.29) is 10.6 Å². The molecule has 1 heterocycles. The molecule has 0 radical (unpaired) electrons. The Morgan fingerprint density at radius 1 is 1.50 bits per heavy atom. The quantitative estimate of drug-likeness (QED) is 0.851. The maximum Gasteiger partial charge on any atom is 0.271 e. The van der Waals surface area contributed by atoms with E-state index >= 15 is 0 Å². The summed E-state index contributed by atoms with van der Waals surface area (Å²) < 4.78 is 0. The molecule has 2 rings (SSSR count). The van der Waals surface area contributed by atoms with Crippen molar-refractivity contribution >= 4 is 17.4 Å². The number of aromatic nitrogens is 2. The molecule has 3 N–H and O–H groups in total. The van der Waals surface area contributed by atoms with Gasteiger partial charge < -0.3 is 15.6 Å². The Balaban J connectivity index is 2.26. The second-order valence-corrected chi connectivity index (χ2v) is 5.02. The van der Waals surface area contributed by atoms with Crippen molar-refractivity contribution in [2.45, 2.75) is 38.1 Å². The molecule has 1 fully saturated rings. The van der Waals surface area contributed by atoms with E-state index in [1.165, 1.54) is 19.2 Å². The monoisotopic (exact) mass is 270 g/mol. The lowest BCUT2D eigenvalue weighted by molar-refractivity contribution is 0.586. The van der Waals surface area contributed by atoms with Crippen molar-refractivity contribution < 1.29 is 0 Å². The zero-order valence-corrected chi connectivity index (χ0v) is 11.1. The fraction of sp³-hybridized carbons (Fsp3) is 0.667. The summed E-state index contributed by atoms with van der Waals surface area (Å²) >= 11 is 6.07. The molecule has 0 unspecified atom stereocenters. The third-order valence-corrected chi connectivity index (χ3v) is 3.76. The van der Waals surface area contributed by atoms with Gasteiger partial charge in [0, 0.05) is 12.6 Å². The van der Waals surface area contributed by atoms with Gasteiger partial charge in [-0.15, -0.1) is 0 Å². The van der Waals surface area contributed by atoms with Crippen LogP contribution in [-0.2, 0) is 0 Å². The smallest absolute Gasteiger partial charge is 0.271 e. The number of hydrogen-bond acceptors (Lipinski definition) is 4. The Hall–Kier alpha value is -1.07. The van der Waals surface area contributed by atoms with Crippen molar-refractivity contribution in [2.24, 2.45) is 5.73 Å². The van der Waals surface area contributed by atoms with Crippen LogP contribution in [0.15, 0.2) is 11.1 Å². The normalized spacial score (nSPS) is 16.1. The van der Waals surface area contributed by atoms with Crippen LogP contribution in [0.25, 0.3) is 0 Å². The van der Waals surface area contributed by atoms with Gasteiger partial charge in [-0.05, 0) is 25.8 Å². The van der Waals surface area contributed by atoms with Crippen molar-refractivity contribution in [1.29, 1.82) is 0 Å². The van der Waals surface area contributed by atoms with Crippen LogP contribution in [0.3, 0.4) is 0 Å². The Bertz CT molecular complexity index is 442. The van der Waals surface area contributed by atoms with E-state index in [0.717, 1.165) is 25.8 Å². The molecule has 0 spiro atoms. The second-order valence-electron chi connectivity index (χ2n) is 4.64. The van der Waals surface area contributed by atoms with Crippen molar-refractivity contribution in [3.8, 4) is 0 Å². The molecule has 0 amide bonds. The topological polar surface area (TPSA) is 75.0 Å². The summed E-state index contributed by atoms with van der Waals surface area (Å²) in [6.07, 6.45) is 7.01. The van der Waals surface area contributed by atoms with Gasteiger partial charge >= 0.3 is 0 Å². The second kappa shape index (κ2) is 6.20. The van der Waals surface area contributed by atoms with Crippen LogP contribution in [0.1, 0.15) is 32.1 Å². The van der Waals surface area contributed by atoms with Gasteiger partial charge in [0.05, 0.1) is 6.33 Å². The number of rotatable bonds is 5. The van der Waals surface area contributed by atoms with E-state index in [1.54, 1.807) is 0 Å². The summed E-state index contributed by atoms with van der Waals surface area (Å²) in [6, 6.07) is 0.434. The zero-order valence-electron chi connectivity index (χ0n) is 10.4. The van der Waals surface area contributed by atoms with E-state index < -0.39 is 0 Å². The lowest BCUT2D eigenvalue weighted by Gasteiger charge is -2.30. The Labute approximate surface area is 111 Å². The number of halogens is 1. The first-order chi connectivity index (χ1) is 8.74. The lowest BCUT2D eigenvalue weighted by atomic mass is 10.2. The number of nitrogens with one attached hydrogen (secondary N) is 1. The average Bonchev–Trinajstić information content (AvgIpc) is 2.88. The molecule has 100 valence electrons. The minimum Gasteiger partial charge on any atom is -0.352 e. The number of anilines is 1. The molecule has 1 saturated carbocycles. The molecule has 5 nitrogen and oxygen atoms in total. The van der Waals surface area contributed by atoms with E-state index in [0.29, 0.717) is 18.4 Å². The van der Waals surface area contributed by atoms with Gasteiger partial charge in [0.25, 0.3) is 5.56 Å². The summed E-state index contributed by atoms with van der Waals surface area (Å²) in [6.45, 7) is 1.43. The van der Waals surface area contributed by atoms with Crippen molar-refractivity contribution in [3.63, 3.8) is 0 Å². The number of aromatic amines is 1. The number of H-pyrrole nitrogens is 1. The molecule has 0 aromatic carbocycles. The van der Waals surface area contributed by atoms with Crippen LogP contribution in [0.5, 0.6) is 0 Å². The molecule has 0 aliphatic heterocycles. The predicted octanol–water partition coefficient (Wildman–Crippen LogP) is 1.52. The molecule has 18 heavy (non-hydrogen) atoms. The van der Waals surface area contributed by atoms with Gasteiger partial charge in [-0.3, -0.25) is 4.79 Å². The first kappa shape index (κ1) is 13.4. The Morgan fingerprint density at radius 2 is 2.22 bits per heavy atom. The fourth-order valence-corrected chi connectivity index (χ4v) is 2.72. The molecular weight excluding hydrogens is 252 g/mol. The van der Waals surface area contributed by atoms with E-state index in [2.05, 4.69) is 14.9 Å². The molecular formula is C12H19ClN4O. The number of nitrogens with two attached hydrogens (primary N) is 1. The van der Waals surface area contributed by atoms with Crippen LogP contribution in [-0.4, -0.2) is 29.1 Å². The van der Waals surface area contributed by atoms with Crippen molar-refractivity contribution in [3.05, 3.63) is 21.7 Å². The highest BCUT2D eigenvalue weighted by Gasteiger charge is 2.25. The van der Waals surface area contributed by atoms with Crippen LogP contribution < -0.4 is 16.2 Å². The molecule has 0 atom stereocenters. The summed E-state index contributed by atoms with van der Waals surface area (Å²) in [4.78, 5) is 20.4. The number of nitrogens with zero attached hydrogens (tertiary/aromatic N) is 2. The average molecular weight is 271 g/mol. The van der Waals surface area contributed by atoms with Crippen molar-refractivity contribution in [1.82, 2.24) is 9.97 Å². The predicted molar refractivity (Wildman–Crippen MR) is 73.1 cm³/mol. The van der Waals surface area contributed by atoms with Crippen molar-refractivity contribution in [2.75, 3.05) is 18.0 Å². The maximum absolute atomic E-state index is 11.6. The van der Waals surface area contributed by atoms with Gasteiger partial charge in [-0.25, -0.2) is 4.98 Å². The van der Waals surface area contributed by atoms with E-state index in [4.69, 9.17) is 17.3 Å². The Morgan fingerprint density at radius 3 is 2.89 bits per heavy atom. The zero-order chi connectivity index (χ0) is 13.0. The summed E-state index contributed by atoms with van der Waals surface area (Å²) in [5.41, 5.74) is 5.29. The van der Waals surface area contributed by atoms with Gasteiger partial charge in [-0.2, -0.15) is 0 Å². The minimum atomic E-state index is -0.280. The summed E-state index contributed by atoms with van der Waals surface area (Å²) in [7, 11) is 0. The van der Waals surface area contributed by atoms with E-state index in [9.17, 15) is 4.79 Å². The first-order valence-corrected chi connectivity index (χ1v) is 6.81. The van der Waals surface area contributed by atoms with Gasteiger partial charge in [0.15, 0.2) is 5.82 Å². The lowest BCUT2D eigenvalue weighted by Crippen LogP contribution is -2.36. The molecule has 1 aliphatic rings. The highest BCUT2D eigenvalue weighted by molar-refractivity contribution is 6.32. The number of hydrogen-bond donors (Lipinski definition) is 2. The van der Waals surface area contributed by atoms with Gasteiger partial charge in [-0.1, -0.05) is 24.4 Å². The first-order valence-electron chi connectivity index (χ1n) is 6.44. The fourth-order valence-electron chi connectivity index (χ4n) is 2.51. The minimum absolute atomic E-state index is 0.182. The maximum atomic E-state index is 11.6. The molecule has 1 aromatic heterocycles. The third kappa shape index (κ3) is 2.84. The SMILES string of the molecule is NCCCN(c1nc[nH]c(=O)c1Cl)C1CCCC1. The third-order valence-electron chi connectivity index (χ3n) is 3.42. The molecule has 1 aromatic rings. The highest BCUT2D eigenvalue weighted by Crippen LogP contribution is 2.29. The largest absolute Gasteiger partial charge is 0.352 e. The van der Waals surface area contributed by atoms with Crippen LogP contribution in [0, 0.1) is 0 Å². The summed E-state index contributed by atoms with van der Waals surface area (Å²) in [5.74, 6) is 0.598. The summed E-state index contributed by atoms with van der Waals surface area (Å²) in [5, 5.41) is 0.182. The van der Waals surface area contributed by atoms with E-state index in [1.807, 2.05) is 0 Å². The van der Waals surface area contributed by atoms with Crippen LogP contribution >= 0.6 is 11.6 Å². The standard InChI is InChI=1S/C12H19ClN4O/c13-10-11(15-8-16-12(10)18)17(7-3-6-14)9-4-1-2-5-9/h8-9H,1-7,14H2,(H,15,16,18). The van der Waals surface area contributed by atoms with Crippen LogP contribution in [0.2, 0.25) is 5.02 Å². The van der Waals surface area contributed by atoms with Gasteiger partial charge in [0.1, 0.15) is 5.02 Å².